The summed E-state index contributed by atoms with van der Waals surface area (Å²) < 4.78 is 5.71. The number of hydrogen-bond acceptors (Lipinski definition) is 6. The zero-order valence-corrected chi connectivity index (χ0v) is 19.7. The number of nitrogens with zero attached hydrogens (tertiary/aromatic N) is 3. The van der Waals surface area contributed by atoms with Crippen LogP contribution in [0, 0.1) is 0 Å². The first-order valence-electron chi connectivity index (χ1n) is 11.3. The first-order chi connectivity index (χ1) is 15.9. The van der Waals surface area contributed by atoms with Gasteiger partial charge in [-0.3, -0.25) is 10.3 Å². The minimum Gasteiger partial charge on any atom is -0.477 e. The van der Waals surface area contributed by atoms with E-state index in [2.05, 4.69) is 83.0 Å². The molecule has 0 bridgehead atoms. The fourth-order valence-corrected chi connectivity index (χ4v) is 3.64. The molecule has 0 aliphatic carbocycles. The number of ether oxygens (including phenoxy) is 1. The molecule has 0 fully saturated rings. The Balaban J connectivity index is 1.58. The number of nitrogens with one attached hydrogen (secondary N) is 2. The number of hydrogen-bond donors (Lipinski definition) is 2. The van der Waals surface area contributed by atoms with Crippen LogP contribution < -0.4 is 15.4 Å². The second-order valence-electron chi connectivity index (χ2n) is 9.09. The lowest BCUT2D eigenvalue weighted by molar-refractivity contribution is 0.286. The molecule has 0 radical (unpaired) electrons. The molecular formula is C27H31N5O. The molecule has 6 heteroatoms. The average molecular weight is 442 g/mol. The molecule has 4 aromatic rings. The third-order valence-electron chi connectivity index (χ3n) is 5.51. The molecule has 0 spiro atoms. The molecule has 4 rings (SSSR count). The van der Waals surface area contributed by atoms with Gasteiger partial charge in [0.15, 0.2) is 5.82 Å². The Bertz CT molecular complexity index is 1220. The second-order valence-corrected chi connectivity index (χ2v) is 9.09. The van der Waals surface area contributed by atoms with Gasteiger partial charge < -0.3 is 10.1 Å². The molecular weight excluding hydrogens is 410 g/mol. The van der Waals surface area contributed by atoms with Crippen molar-refractivity contribution in [2.24, 2.45) is 0 Å². The van der Waals surface area contributed by atoms with E-state index in [4.69, 9.17) is 4.74 Å². The monoisotopic (exact) mass is 441 g/mol. The van der Waals surface area contributed by atoms with Crippen LogP contribution in [0.4, 0.5) is 11.5 Å². The molecule has 170 valence electrons. The summed E-state index contributed by atoms with van der Waals surface area (Å²) >= 11 is 0. The van der Waals surface area contributed by atoms with E-state index in [9.17, 15) is 0 Å². The molecule has 2 aromatic carbocycles. The molecule has 2 N–H and O–H groups in total. The summed E-state index contributed by atoms with van der Waals surface area (Å²) in [4.78, 5) is 4.32. The van der Waals surface area contributed by atoms with Crippen LogP contribution in [-0.4, -0.2) is 28.5 Å². The Hall–Kier alpha value is -3.51. The second kappa shape index (κ2) is 9.96. The van der Waals surface area contributed by atoms with Gasteiger partial charge in [-0.1, -0.05) is 64.1 Å². The van der Waals surface area contributed by atoms with Gasteiger partial charge in [0.05, 0.1) is 11.9 Å². The van der Waals surface area contributed by atoms with Gasteiger partial charge in [-0.25, -0.2) is 0 Å². The van der Waals surface area contributed by atoms with E-state index in [0.29, 0.717) is 13.2 Å². The summed E-state index contributed by atoms with van der Waals surface area (Å²) in [6.07, 6.45) is 4.20. The van der Waals surface area contributed by atoms with Gasteiger partial charge in [0.1, 0.15) is 12.5 Å². The third kappa shape index (κ3) is 5.65. The van der Waals surface area contributed by atoms with Crippen LogP contribution in [0.25, 0.3) is 10.8 Å². The van der Waals surface area contributed by atoms with E-state index in [0.717, 1.165) is 45.8 Å². The third-order valence-corrected chi connectivity index (χ3v) is 5.51. The average Bonchev–Trinajstić information content (AvgIpc) is 2.81. The van der Waals surface area contributed by atoms with Crippen molar-refractivity contribution < 1.29 is 4.74 Å². The summed E-state index contributed by atoms with van der Waals surface area (Å²) in [5.41, 5.74) is 4.34. The van der Waals surface area contributed by atoms with Crippen LogP contribution in [0.15, 0.2) is 67.0 Å². The van der Waals surface area contributed by atoms with Crippen molar-refractivity contribution in [2.45, 2.75) is 39.5 Å². The van der Waals surface area contributed by atoms with Crippen molar-refractivity contribution >= 4 is 22.3 Å². The van der Waals surface area contributed by atoms with Crippen LogP contribution in [0.3, 0.4) is 0 Å². The van der Waals surface area contributed by atoms with Crippen molar-refractivity contribution in [2.75, 3.05) is 18.6 Å². The maximum absolute atomic E-state index is 5.71. The minimum atomic E-state index is 0.121. The molecule has 0 aliphatic heterocycles. The number of rotatable bonds is 8. The number of pyridine rings is 1. The van der Waals surface area contributed by atoms with Crippen molar-refractivity contribution in [3.63, 3.8) is 0 Å². The molecule has 2 aromatic heterocycles. The SMILES string of the molecule is CCNCOc1cncc(Cc2nnc(Nc3ccc(C(C)(C)C)cc3)c3ccccc23)c1. The maximum Gasteiger partial charge on any atom is 0.160 e. The van der Waals surface area contributed by atoms with E-state index < -0.39 is 0 Å². The van der Waals surface area contributed by atoms with E-state index in [1.807, 2.05) is 31.3 Å². The summed E-state index contributed by atoms with van der Waals surface area (Å²) in [6, 6.07) is 18.7. The quantitative estimate of drug-likeness (QED) is 0.274. The van der Waals surface area contributed by atoms with Crippen LogP contribution in [0.1, 0.15) is 44.5 Å². The standard InChI is InChI=1S/C27H31N5O/c1-5-28-18-33-22-14-19(16-29-17-22)15-25-23-8-6-7-9-24(23)26(32-31-25)30-21-12-10-20(11-13-21)27(2,3)4/h6-14,16-17,28H,5,15,18H2,1-4H3,(H,30,32). The minimum absolute atomic E-state index is 0.121. The van der Waals surface area contributed by atoms with Crippen molar-refractivity contribution in [3.8, 4) is 5.75 Å². The molecule has 2 heterocycles. The van der Waals surface area contributed by atoms with Gasteiger partial charge in [-0.05, 0) is 41.3 Å². The van der Waals surface area contributed by atoms with E-state index in [1.165, 1.54) is 5.56 Å². The molecule has 0 atom stereocenters. The fourth-order valence-electron chi connectivity index (χ4n) is 3.64. The Morgan fingerprint density at radius 3 is 2.39 bits per heavy atom. The topological polar surface area (TPSA) is 72.0 Å². The largest absolute Gasteiger partial charge is 0.477 e. The van der Waals surface area contributed by atoms with E-state index >= 15 is 0 Å². The van der Waals surface area contributed by atoms with Gasteiger partial charge in [-0.15, -0.1) is 5.10 Å². The predicted molar refractivity (Wildman–Crippen MR) is 134 cm³/mol. The zero-order chi connectivity index (χ0) is 23.3. The maximum atomic E-state index is 5.71. The fraction of sp³-hybridized carbons (Fsp3) is 0.296. The molecule has 33 heavy (non-hydrogen) atoms. The Kier molecular flexibility index (Phi) is 6.84. The first-order valence-corrected chi connectivity index (χ1v) is 11.3. The Morgan fingerprint density at radius 2 is 1.67 bits per heavy atom. The zero-order valence-electron chi connectivity index (χ0n) is 19.7. The van der Waals surface area contributed by atoms with Crippen LogP contribution in [-0.2, 0) is 11.8 Å². The highest BCUT2D eigenvalue weighted by Gasteiger charge is 2.14. The Labute approximate surface area is 195 Å². The van der Waals surface area contributed by atoms with E-state index in [-0.39, 0.29) is 5.41 Å². The van der Waals surface area contributed by atoms with Crippen LogP contribution in [0.2, 0.25) is 0 Å². The molecule has 6 nitrogen and oxygen atoms in total. The van der Waals surface area contributed by atoms with Crippen molar-refractivity contribution in [1.82, 2.24) is 20.5 Å². The van der Waals surface area contributed by atoms with E-state index in [1.54, 1.807) is 6.20 Å². The smallest absolute Gasteiger partial charge is 0.160 e. The lowest BCUT2D eigenvalue weighted by atomic mass is 9.87. The molecule has 0 amide bonds. The number of anilines is 2. The highest BCUT2D eigenvalue weighted by atomic mass is 16.5. The van der Waals surface area contributed by atoms with Gasteiger partial charge >= 0.3 is 0 Å². The summed E-state index contributed by atoms with van der Waals surface area (Å²) in [5.74, 6) is 1.49. The lowest BCUT2D eigenvalue weighted by Crippen LogP contribution is -2.19. The van der Waals surface area contributed by atoms with Gasteiger partial charge in [0.25, 0.3) is 0 Å². The van der Waals surface area contributed by atoms with Gasteiger partial charge in [-0.2, -0.15) is 5.10 Å². The Morgan fingerprint density at radius 1 is 0.909 bits per heavy atom. The van der Waals surface area contributed by atoms with Crippen molar-refractivity contribution in [1.29, 1.82) is 0 Å². The van der Waals surface area contributed by atoms with Gasteiger partial charge in [0, 0.05) is 29.1 Å². The lowest BCUT2D eigenvalue weighted by Gasteiger charge is -2.19. The van der Waals surface area contributed by atoms with Gasteiger partial charge in [0.2, 0.25) is 0 Å². The molecule has 0 aliphatic rings. The molecule has 0 saturated heterocycles. The summed E-state index contributed by atoms with van der Waals surface area (Å²) in [5, 5.41) is 17.8. The number of fused-ring (bicyclic) bond motifs is 1. The predicted octanol–water partition coefficient (Wildman–Crippen LogP) is 5.60. The number of aromatic nitrogens is 3. The highest BCUT2D eigenvalue weighted by Crippen LogP contribution is 2.29. The summed E-state index contributed by atoms with van der Waals surface area (Å²) in [7, 11) is 0. The first kappa shape index (κ1) is 22.7. The van der Waals surface area contributed by atoms with Crippen molar-refractivity contribution in [3.05, 3.63) is 83.8 Å². The van der Waals surface area contributed by atoms with Crippen LogP contribution >= 0.6 is 0 Å². The number of benzene rings is 2. The molecule has 0 saturated carbocycles. The van der Waals surface area contributed by atoms with Crippen LogP contribution in [0.5, 0.6) is 5.75 Å². The molecule has 0 unspecified atom stereocenters. The normalized spacial score (nSPS) is 11.5. The summed E-state index contributed by atoms with van der Waals surface area (Å²) in [6.45, 7) is 10.0. The highest BCUT2D eigenvalue weighted by molar-refractivity contribution is 5.94.